The average Bonchev–Trinajstić information content (AvgIpc) is 0.666. The largest absolute Gasteiger partial charge is 0.455 e. The number of rotatable bonds is 59. The summed E-state index contributed by atoms with van der Waals surface area (Å²) in [5.74, 6) is -7.60. The van der Waals surface area contributed by atoms with Crippen LogP contribution < -0.4 is 74.4 Å². The second-order valence-electron chi connectivity index (χ2n) is 38.0. The number of fused-ring (bicyclic) bond motifs is 5. The molecule has 0 unspecified atom stereocenters. The molecule has 16 N–H and O–H groups in total. The van der Waals surface area contributed by atoms with Gasteiger partial charge in [-0.3, -0.25) is 57.5 Å². The molecule has 4 aliphatic rings. The number of carbonyl (C=O) groups is 15. The lowest BCUT2D eigenvalue weighted by Crippen LogP contribution is -2.82. The van der Waals surface area contributed by atoms with Crippen molar-refractivity contribution in [1.82, 2.24) is 74.4 Å². The summed E-state index contributed by atoms with van der Waals surface area (Å²) in [5.41, 5.74) is -7.79. The summed E-state index contributed by atoms with van der Waals surface area (Å²) in [6, 6.07) is 22.5. The number of amides is 2. The Hall–Kier alpha value is -9.55. The van der Waals surface area contributed by atoms with Crippen molar-refractivity contribution in [2.75, 3.05) is 137 Å². The molecule has 1 heterocycles. The van der Waals surface area contributed by atoms with Crippen LogP contribution in [0.25, 0.3) is 0 Å². The molecular weight excluding hydrogens is 1860 g/mol. The van der Waals surface area contributed by atoms with Gasteiger partial charge in [0.1, 0.15) is 77.5 Å². The maximum Gasteiger partial charge on any atom is 0.350 e. The molecule has 2 bridgehead atoms. The van der Waals surface area contributed by atoms with Crippen LogP contribution in [0.5, 0.6) is 0 Å². The quantitative estimate of drug-likeness (QED) is 0.00881. The maximum atomic E-state index is 15.7. The molecule has 3 aliphatic carbocycles. The number of Topliss-reactive ketones (excluding diaryl/α,β-unsaturated/α-hetero) is 7. The highest BCUT2D eigenvalue weighted by Gasteiger charge is 2.78. The van der Waals surface area contributed by atoms with Gasteiger partial charge in [-0.25, -0.2) is 9.59 Å². The van der Waals surface area contributed by atoms with Crippen molar-refractivity contribution in [2.24, 2.45) is 16.7 Å². The summed E-state index contributed by atoms with van der Waals surface area (Å²) in [4.78, 5) is 189. The molecule has 7 rings (SSSR count). The molecule has 820 valence electrons. The fourth-order valence-corrected chi connectivity index (χ4v) is 18.3. The number of benzene rings is 3. The van der Waals surface area contributed by atoms with Crippen LogP contribution in [-0.4, -0.2) is 320 Å². The van der Waals surface area contributed by atoms with Crippen LogP contribution in [0.4, 0.5) is 0 Å². The predicted octanol–water partition coefficient (Wildman–Crippen LogP) is 7.09. The summed E-state index contributed by atoms with van der Waals surface area (Å²) < 4.78 is 36.6. The van der Waals surface area contributed by atoms with Crippen LogP contribution >= 0.6 is 0 Å². The molecule has 0 spiro atoms. The number of likely N-dealkylation sites (N-methyl/N-ethyl adjacent to an activating group) is 6. The van der Waals surface area contributed by atoms with Crippen molar-refractivity contribution < 1.29 is 111 Å². The van der Waals surface area contributed by atoms with Gasteiger partial charge in [0.05, 0.1) is 65.9 Å². The number of aliphatic hydroxyl groups is 2. The van der Waals surface area contributed by atoms with E-state index in [1.807, 2.05) is 84.6 Å². The molecule has 2 amide bonds. The van der Waals surface area contributed by atoms with E-state index in [-0.39, 0.29) is 131 Å². The molecule has 3 fully saturated rings. The van der Waals surface area contributed by atoms with Crippen molar-refractivity contribution in [1.29, 1.82) is 0 Å². The van der Waals surface area contributed by atoms with E-state index in [2.05, 4.69) is 74.4 Å². The number of hydrogen-bond donors (Lipinski definition) is 16. The number of aldehydes is 1. The third-order valence-corrected chi connectivity index (χ3v) is 26.9. The van der Waals surface area contributed by atoms with Crippen LogP contribution in [0.3, 0.4) is 0 Å². The Morgan fingerprint density at radius 1 is 0.476 bits per heavy atom. The summed E-state index contributed by atoms with van der Waals surface area (Å²) in [7, 11) is 22.7. The van der Waals surface area contributed by atoms with Gasteiger partial charge in [0.2, 0.25) is 12.0 Å². The van der Waals surface area contributed by atoms with E-state index in [1.54, 1.807) is 108 Å². The lowest BCUT2D eigenvalue weighted by atomic mass is 9.44. The number of esters is 5. The molecular formula is C108H180N14O23. The molecule has 17 atom stereocenters. The molecule has 37 nitrogen and oxygen atoms in total. The van der Waals surface area contributed by atoms with E-state index in [9.17, 15) is 72.5 Å². The van der Waals surface area contributed by atoms with E-state index < -0.39 is 131 Å². The smallest absolute Gasteiger partial charge is 0.350 e. The van der Waals surface area contributed by atoms with Crippen LogP contribution in [0.1, 0.15) is 263 Å². The van der Waals surface area contributed by atoms with E-state index in [0.717, 1.165) is 169 Å². The minimum absolute atomic E-state index is 0.0214. The van der Waals surface area contributed by atoms with Gasteiger partial charge in [-0.15, -0.1) is 0 Å². The summed E-state index contributed by atoms with van der Waals surface area (Å²) in [6.07, 6.45) is 8.89. The van der Waals surface area contributed by atoms with Crippen LogP contribution in [0, 0.1) is 16.7 Å². The number of ether oxygens (including phenoxy) is 6. The van der Waals surface area contributed by atoms with Crippen molar-refractivity contribution in [3.8, 4) is 0 Å². The molecule has 3 aromatic rings. The van der Waals surface area contributed by atoms with E-state index in [0.29, 0.717) is 6.29 Å². The Morgan fingerprint density at radius 2 is 0.841 bits per heavy atom. The summed E-state index contributed by atoms with van der Waals surface area (Å²) >= 11 is 0. The fourth-order valence-electron chi connectivity index (χ4n) is 18.3. The van der Waals surface area contributed by atoms with Gasteiger partial charge in [0.25, 0.3) is 5.91 Å². The number of hydrogen-bond acceptors (Lipinski definition) is 35. The minimum Gasteiger partial charge on any atom is -0.455 e. The first-order valence-corrected chi connectivity index (χ1v) is 51.3. The van der Waals surface area contributed by atoms with Gasteiger partial charge in [-0.2, -0.15) is 0 Å². The molecule has 2 saturated carbocycles. The second-order valence-corrected chi connectivity index (χ2v) is 38.0. The number of ketones is 7. The van der Waals surface area contributed by atoms with Crippen molar-refractivity contribution in [3.05, 3.63) is 119 Å². The van der Waals surface area contributed by atoms with Crippen molar-refractivity contribution >= 4 is 88.4 Å². The number of aliphatic hydroxyl groups excluding tert-OH is 1. The molecule has 0 aromatic heterocycles. The minimum atomic E-state index is -2.51. The maximum absolute atomic E-state index is 15.7. The van der Waals surface area contributed by atoms with E-state index in [4.69, 9.17) is 28.4 Å². The molecule has 1 saturated heterocycles. The molecule has 145 heavy (non-hydrogen) atoms. The number of unbranched alkanes of at least 4 members (excludes halogenated alkanes) is 7. The molecule has 37 heteroatoms. The number of nitrogens with one attached hydrogen (secondary N) is 14. The first kappa shape index (κ1) is 133. The van der Waals surface area contributed by atoms with Gasteiger partial charge in [-0.1, -0.05) is 119 Å². The second kappa shape index (κ2) is 73.5. The lowest BCUT2D eigenvalue weighted by Gasteiger charge is -2.67. The van der Waals surface area contributed by atoms with Gasteiger partial charge in [0.15, 0.2) is 17.5 Å². The first-order chi connectivity index (χ1) is 68.9. The van der Waals surface area contributed by atoms with Gasteiger partial charge >= 0.3 is 29.8 Å². The third-order valence-electron chi connectivity index (χ3n) is 26.9. The first-order valence-electron chi connectivity index (χ1n) is 51.3. The Labute approximate surface area is 862 Å². The zero-order valence-electron chi connectivity index (χ0n) is 91.2. The fraction of sp³-hybridized carbons (Fsp3) is 0.676. The Balaban J connectivity index is 0.00000116. The standard InChI is InChI=1S/C54H60N2O17.6C9H20N2O/c1-30-36(70-50(66)44(71-40(62)28-55-39(61)24-16-17-25-57)42(33-18-10-7-11-19-33)56-48(64)34-20-12-8-13-21-34)27-54(67)47(72-49(65)35-22-14-9-15-23-35)45-52(6,37(60)26-38-53(45,29-68-38)73-32(3)59)46(63)43(69-31(2)58)41(30)51(54,4)5;6*1-8(12)9(11-3)6-4-5-7-10-2/h7-15,18-23,25,36-38,42-45,47,60,67H,16-17,24,26-29H2,1-6H3,(H,55,61)(H,56,64);6*9-11H,4-7H2,1-3H3/t36-,37-,38+,42-,43+,44+,45-,47-,52+,53-,54+;6*9-/m0111111/s1. The van der Waals surface area contributed by atoms with E-state index >= 15 is 9.59 Å². The Kier molecular flexibility index (Phi) is 67.7. The summed E-state index contributed by atoms with van der Waals surface area (Å²) in [5, 5.41) is 67.9. The van der Waals surface area contributed by atoms with Crippen LogP contribution in [0.2, 0.25) is 0 Å². The SMILES string of the molecule is CC(=O)O[C@H]1C(=O)[C@@]2(C)[C@H]([C@H](OC(=O)c3ccccc3)[C@]3(O)C[C@H](OC(=O)[C@H](OC(=O)CNC(=O)CCCC=O)[C@@H](NC(=O)c4ccccc4)c4ccccc4)C(C)=C1C3(C)C)[C@]1(OC(C)=O)CO[C@@H]1C[C@@H]2O.CNCCCC[C@@H](NC)C(C)=O.CNCCCC[C@@H](NC)C(C)=O.CNCCCC[C@@H](NC)C(C)=O.CNCCCC[C@@H](NC)C(C)=O.CNCCCC[C@@H](NC)C(C)=O.CNCCCC[C@@H](NC)C(C)=O. The van der Waals surface area contributed by atoms with Crippen molar-refractivity contribution in [2.45, 2.75) is 321 Å². The highest BCUT2D eigenvalue weighted by atomic mass is 16.6. The third kappa shape index (κ3) is 45.6. The number of carbonyl (C=O) groups excluding carboxylic acids is 15. The van der Waals surface area contributed by atoms with Gasteiger partial charge in [0, 0.05) is 50.5 Å². The predicted molar refractivity (Wildman–Crippen MR) is 562 cm³/mol. The van der Waals surface area contributed by atoms with Crippen LogP contribution in [0.15, 0.2) is 102 Å². The zero-order chi connectivity index (χ0) is 109. The van der Waals surface area contributed by atoms with Crippen molar-refractivity contribution in [3.63, 3.8) is 0 Å². The monoisotopic (exact) mass is 2040 g/mol. The average molecular weight is 2040 g/mol. The molecule has 1 aliphatic heterocycles. The molecule has 0 radical (unpaired) electrons. The van der Waals surface area contributed by atoms with Gasteiger partial charge < -0.3 is 118 Å². The highest BCUT2D eigenvalue weighted by molar-refractivity contribution is 5.97. The zero-order valence-corrected chi connectivity index (χ0v) is 91.2. The van der Waals surface area contributed by atoms with Gasteiger partial charge in [-0.05, 0) is 304 Å². The Bertz CT molecular complexity index is 4150. The normalized spacial score (nSPS) is 20.8. The topological polar surface area (TPSA) is 520 Å². The van der Waals surface area contributed by atoms with Crippen LogP contribution in [-0.2, 0) is 90.8 Å². The molecule has 3 aromatic carbocycles. The van der Waals surface area contributed by atoms with E-state index in [1.165, 1.54) is 52.0 Å². The highest BCUT2D eigenvalue weighted by Crippen LogP contribution is 2.65. The summed E-state index contributed by atoms with van der Waals surface area (Å²) in [6.45, 7) is 23.0. The Morgan fingerprint density at radius 3 is 1.17 bits per heavy atom. The lowest BCUT2D eigenvalue weighted by molar-refractivity contribution is -0.346.